The molecule has 1 aromatic carbocycles. The second-order valence-electron chi connectivity index (χ2n) is 8.07. The van der Waals surface area contributed by atoms with E-state index in [0.29, 0.717) is 5.92 Å². The third-order valence-corrected chi connectivity index (χ3v) is 6.30. The van der Waals surface area contributed by atoms with Crippen LogP contribution in [0.3, 0.4) is 0 Å². The SMILES string of the molecule is OC(CC1CCOC1)c1ccc(C=C2CCN(C3CCC3)CC2)cc1. The molecule has 0 aromatic heterocycles. The molecule has 0 bridgehead atoms. The van der Waals surface area contributed by atoms with Crippen molar-refractivity contribution in [1.29, 1.82) is 0 Å². The molecule has 3 nitrogen and oxygen atoms in total. The molecule has 3 heteroatoms. The molecule has 3 aliphatic rings. The van der Waals surface area contributed by atoms with E-state index in [1.165, 1.54) is 50.8 Å². The summed E-state index contributed by atoms with van der Waals surface area (Å²) in [6.45, 7) is 4.12. The third kappa shape index (κ3) is 4.33. The Bertz CT molecular complexity index is 575. The highest BCUT2D eigenvalue weighted by atomic mass is 16.5. The van der Waals surface area contributed by atoms with Crippen molar-refractivity contribution < 1.29 is 9.84 Å². The molecular formula is C22H31NO2. The van der Waals surface area contributed by atoms with Crippen molar-refractivity contribution in [3.05, 3.63) is 41.0 Å². The van der Waals surface area contributed by atoms with Crippen LogP contribution < -0.4 is 0 Å². The second-order valence-corrected chi connectivity index (χ2v) is 8.07. The first-order valence-electron chi connectivity index (χ1n) is 10.1. The van der Waals surface area contributed by atoms with Crippen molar-refractivity contribution >= 4 is 6.08 Å². The molecular weight excluding hydrogens is 310 g/mol. The highest BCUT2D eigenvalue weighted by Crippen LogP contribution is 2.30. The molecule has 2 heterocycles. The summed E-state index contributed by atoms with van der Waals surface area (Å²) in [5.74, 6) is 0.512. The number of hydrogen-bond donors (Lipinski definition) is 1. The molecule has 0 amide bonds. The van der Waals surface area contributed by atoms with Gasteiger partial charge in [0, 0.05) is 32.3 Å². The quantitative estimate of drug-likeness (QED) is 0.872. The highest BCUT2D eigenvalue weighted by Gasteiger charge is 2.26. The van der Waals surface area contributed by atoms with Crippen molar-refractivity contribution in [1.82, 2.24) is 4.90 Å². The van der Waals surface area contributed by atoms with Gasteiger partial charge in [-0.05, 0) is 55.6 Å². The summed E-state index contributed by atoms with van der Waals surface area (Å²) in [5.41, 5.74) is 3.88. The molecule has 0 radical (unpaired) electrons. The van der Waals surface area contributed by atoms with Gasteiger partial charge in [0.15, 0.2) is 0 Å². The predicted octanol–water partition coefficient (Wildman–Crippen LogP) is 4.18. The van der Waals surface area contributed by atoms with Crippen LogP contribution in [-0.4, -0.2) is 42.4 Å². The van der Waals surface area contributed by atoms with Gasteiger partial charge in [-0.1, -0.05) is 42.3 Å². The van der Waals surface area contributed by atoms with Crippen LogP contribution in [0.5, 0.6) is 0 Å². The molecule has 1 saturated carbocycles. The Morgan fingerprint density at radius 2 is 1.88 bits per heavy atom. The zero-order valence-corrected chi connectivity index (χ0v) is 15.2. The van der Waals surface area contributed by atoms with Crippen molar-refractivity contribution in [2.45, 2.75) is 57.1 Å². The smallest absolute Gasteiger partial charge is 0.0793 e. The van der Waals surface area contributed by atoms with Gasteiger partial charge >= 0.3 is 0 Å². The van der Waals surface area contributed by atoms with Gasteiger partial charge in [-0.15, -0.1) is 0 Å². The second kappa shape index (κ2) is 8.03. The van der Waals surface area contributed by atoms with Gasteiger partial charge in [0.05, 0.1) is 6.10 Å². The topological polar surface area (TPSA) is 32.7 Å². The Morgan fingerprint density at radius 1 is 1.12 bits per heavy atom. The zero-order valence-electron chi connectivity index (χ0n) is 15.2. The van der Waals surface area contributed by atoms with Crippen LogP contribution in [0.1, 0.15) is 62.2 Å². The van der Waals surface area contributed by atoms with E-state index in [9.17, 15) is 5.11 Å². The molecule has 3 fully saturated rings. The number of rotatable bonds is 5. The molecule has 1 aromatic rings. The van der Waals surface area contributed by atoms with E-state index in [-0.39, 0.29) is 6.10 Å². The first kappa shape index (κ1) is 17.3. The number of benzene rings is 1. The van der Waals surface area contributed by atoms with Crippen LogP contribution in [0.15, 0.2) is 29.8 Å². The number of piperidine rings is 1. The minimum Gasteiger partial charge on any atom is -0.388 e. The van der Waals surface area contributed by atoms with Gasteiger partial charge < -0.3 is 9.84 Å². The molecule has 1 N–H and O–H groups in total. The largest absolute Gasteiger partial charge is 0.388 e. The Kier molecular flexibility index (Phi) is 5.54. The van der Waals surface area contributed by atoms with Crippen LogP contribution in [0, 0.1) is 5.92 Å². The van der Waals surface area contributed by atoms with Gasteiger partial charge in [-0.3, -0.25) is 4.90 Å². The molecule has 2 unspecified atom stereocenters. The highest BCUT2D eigenvalue weighted by molar-refractivity contribution is 5.53. The van der Waals surface area contributed by atoms with E-state index in [1.807, 2.05) is 0 Å². The van der Waals surface area contributed by atoms with Crippen LogP contribution in [0.4, 0.5) is 0 Å². The van der Waals surface area contributed by atoms with Gasteiger partial charge in [-0.2, -0.15) is 0 Å². The molecule has 2 saturated heterocycles. The summed E-state index contributed by atoms with van der Waals surface area (Å²) in [6, 6.07) is 9.39. The molecule has 2 atom stereocenters. The van der Waals surface area contributed by atoms with Gasteiger partial charge in [-0.25, -0.2) is 0 Å². The standard InChI is InChI=1S/C22H31NO2/c24-22(15-19-10-13-25-16-19)20-6-4-17(5-7-20)14-18-8-11-23(12-9-18)21-2-1-3-21/h4-7,14,19,21-22,24H,1-3,8-13,15-16H2. The zero-order chi connectivity index (χ0) is 17.1. The van der Waals surface area contributed by atoms with E-state index < -0.39 is 0 Å². The fourth-order valence-corrected chi connectivity index (χ4v) is 4.34. The van der Waals surface area contributed by atoms with E-state index in [4.69, 9.17) is 4.74 Å². The van der Waals surface area contributed by atoms with E-state index in [1.54, 1.807) is 5.57 Å². The van der Waals surface area contributed by atoms with Crippen molar-refractivity contribution in [2.75, 3.05) is 26.3 Å². The maximum absolute atomic E-state index is 10.4. The van der Waals surface area contributed by atoms with Gasteiger partial charge in [0.1, 0.15) is 0 Å². The molecule has 2 aliphatic heterocycles. The number of nitrogens with zero attached hydrogens (tertiary/aromatic N) is 1. The average molecular weight is 341 g/mol. The summed E-state index contributed by atoms with van der Waals surface area (Å²) in [7, 11) is 0. The van der Waals surface area contributed by atoms with Crippen molar-refractivity contribution in [3.63, 3.8) is 0 Å². The van der Waals surface area contributed by atoms with Crippen LogP contribution in [0.25, 0.3) is 6.08 Å². The molecule has 25 heavy (non-hydrogen) atoms. The van der Waals surface area contributed by atoms with Crippen LogP contribution in [0.2, 0.25) is 0 Å². The lowest BCUT2D eigenvalue weighted by atomic mass is 9.89. The lowest BCUT2D eigenvalue weighted by Crippen LogP contribution is -2.43. The summed E-state index contributed by atoms with van der Waals surface area (Å²) >= 11 is 0. The first-order chi connectivity index (χ1) is 12.3. The van der Waals surface area contributed by atoms with Crippen LogP contribution in [-0.2, 0) is 4.74 Å². The molecule has 1 aliphatic carbocycles. The van der Waals surface area contributed by atoms with Gasteiger partial charge in [0.2, 0.25) is 0 Å². The Balaban J connectivity index is 1.30. The predicted molar refractivity (Wildman–Crippen MR) is 101 cm³/mol. The number of aliphatic hydroxyl groups is 1. The number of ether oxygens (including phenoxy) is 1. The summed E-state index contributed by atoms with van der Waals surface area (Å²) < 4.78 is 5.41. The van der Waals surface area contributed by atoms with E-state index in [2.05, 4.69) is 35.2 Å². The molecule has 4 rings (SSSR count). The first-order valence-corrected chi connectivity index (χ1v) is 10.1. The van der Waals surface area contributed by atoms with E-state index >= 15 is 0 Å². The van der Waals surface area contributed by atoms with Gasteiger partial charge in [0.25, 0.3) is 0 Å². The summed E-state index contributed by atoms with van der Waals surface area (Å²) in [4.78, 5) is 2.69. The fourth-order valence-electron chi connectivity index (χ4n) is 4.34. The maximum atomic E-state index is 10.4. The van der Waals surface area contributed by atoms with Crippen molar-refractivity contribution in [2.24, 2.45) is 5.92 Å². The fraction of sp³-hybridized carbons (Fsp3) is 0.636. The number of likely N-dealkylation sites (tertiary alicyclic amines) is 1. The Hall–Kier alpha value is -1.16. The minimum absolute atomic E-state index is 0.362. The lowest BCUT2D eigenvalue weighted by Gasteiger charge is -2.40. The molecule has 136 valence electrons. The van der Waals surface area contributed by atoms with Crippen molar-refractivity contribution in [3.8, 4) is 0 Å². The summed E-state index contributed by atoms with van der Waals surface area (Å²) in [5, 5.41) is 10.4. The summed E-state index contributed by atoms with van der Waals surface area (Å²) in [6.07, 6.45) is 10.6. The Labute approximate surface area is 151 Å². The van der Waals surface area contributed by atoms with Crippen LogP contribution >= 0.6 is 0 Å². The maximum Gasteiger partial charge on any atom is 0.0793 e. The normalized spacial score (nSPS) is 26.4. The number of hydrogen-bond acceptors (Lipinski definition) is 3. The monoisotopic (exact) mass is 341 g/mol. The number of aliphatic hydroxyl groups excluding tert-OH is 1. The average Bonchev–Trinajstić information content (AvgIpc) is 3.09. The minimum atomic E-state index is -0.362. The Morgan fingerprint density at radius 3 is 2.48 bits per heavy atom. The van der Waals surface area contributed by atoms with E-state index in [0.717, 1.165) is 37.7 Å². The lowest BCUT2D eigenvalue weighted by molar-refractivity contribution is 0.118. The third-order valence-electron chi connectivity index (χ3n) is 6.30. The molecule has 0 spiro atoms.